The first-order chi connectivity index (χ1) is 11.3. The molecule has 0 radical (unpaired) electrons. The van der Waals surface area contributed by atoms with Crippen LogP contribution < -0.4 is 5.32 Å². The van der Waals surface area contributed by atoms with Gasteiger partial charge < -0.3 is 10.1 Å². The molecule has 0 aromatic heterocycles. The van der Waals surface area contributed by atoms with E-state index in [1.165, 1.54) is 0 Å². The first-order valence-corrected chi connectivity index (χ1v) is 8.83. The number of halogens is 3. The first kappa shape index (κ1) is 19.1. The minimum Gasteiger partial charge on any atom is -0.362 e. The number of carbonyl (C=O) groups excluding carboxylic acids is 1. The average Bonchev–Trinajstić information content (AvgIpc) is 2.50. The van der Waals surface area contributed by atoms with Crippen molar-refractivity contribution in [1.29, 1.82) is 0 Å². The van der Waals surface area contributed by atoms with E-state index >= 15 is 0 Å². The smallest absolute Gasteiger partial charge is 0.362 e. The number of thioether (sulfide) groups is 1. The molecule has 0 atom stereocenters. The molecular weight excluding hydrogens is 341 g/mol. The molecule has 2 rings (SSSR count). The Kier molecular flexibility index (Phi) is 6.94. The lowest BCUT2D eigenvalue weighted by Crippen LogP contribution is -2.32. The summed E-state index contributed by atoms with van der Waals surface area (Å²) in [5.74, 6) is 1.69. The molecule has 8 heteroatoms. The lowest BCUT2D eigenvalue weighted by Gasteiger charge is -2.26. The zero-order chi connectivity index (χ0) is 17.6. The average molecular weight is 362 g/mol. The number of nitrogens with zero attached hydrogens (tertiary/aromatic N) is 1. The molecule has 24 heavy (non-hydrogen) atoms. The van der Waals surface area contributed by atoms with E-state index in [9.17, 15) is 18.0 Å². The van der Waals surface area contributed by atoms with Crippen LogP contribution >= 0.6 is 11.8 Å². The largest absolute Gasteiger partial charge is 0.411 e. The maximum atomic E-state index is 12.0. The highest BCUT2D eigenvalue weighted by Gasteiger charge is 2.27. The number of ether oxygens (including phenoxy) is 1. The van der Waals surface area contributed by atoms with Crippen molar-refractivity contribution in [1.82, 2.24) is 4.90 Å². The van der Waals surface area contributed by atoms with E-state index in [4.69, 9.17) is 0 Å². The van der Waals surface area contributed by atoms with E-state index < -0.39 is 25.3 Å². The zero-order valence-electron chi connectivity index (χ0n) is 13.5. The molecule has 1 aromatic rings. The minimum atomic E-state index is -4.43. The van der Waals surface area contributed by atoms with Crippen molar-refractivity contribution >= 4 is 23.4 Å². The second-order valence-corrected chi connectivity index (χ2v) is 6.92. The molecule has 0 aliphatic carbocycles. The topological polar surface area (TPSA) is 41.6 Å². The fourth-order valence-electron chi connectivity index (χ4n) is 2.43. The minimum absolute atomic E-state index is 0.591. The van der Waals surface area contributed by atoms with Crippen LogP contribution in [0, 0.1) is 6.92 Å². The number of rotatable bonds is 6. The van der Waals surface area contributed by atoms with Crippen molar-refractivity contribution in [3.05, 3.63) is 29.3 Å². The third-order valence-electron chi connectivity index (χ3n) is 3.57. The quantitative estimate of drug-likeness (QED) is 0.845. The molecule has 1 aromatic carbocycles. The van der Waals surface area contributed by atoms with Crippen LogP contribution in [0.2, 0.25) is 0 Å². The number of amides is 1. The number of nitrogens with one attached hydrogen (secondary N) is 1. The van der Waals surface area contributed by atoms with Gasteiger partial charge in [0.25, 0.3) is 0 Å². The van der Waals surface area contributed by atoms with Gasteiger partial charge in [-0.2, -0.15) is 24.9 Å². The Labute approximate surface area is 143 Å². The van der Waals surface area contributed by atoms with Crippen molar-refractivity contribution in [2.75, 3.05) is 43.1 Å². The fraction of sp³-hybridized carbons (Fsp3) is 0.562. The normalized spacial score (nSPS) is 16.2. The summed E-state index contributed by atoms with van der Waals surface area (Å²) in [5.41, 5.74) is 2.63. The molecular formula is C16H21F3N2O2S. The standard InChI is InChI=1S/C16H21F3N2O2S/c1-12-8-13(9-21-4-6-24-7-5-21)2-3-14(12)20-15(22)10-23-11-16(17,18)19/h2-3,8H,4-7,9-11H2,1H3,(H,20,22). The van der Waals surface area contributed by atoms with Crippen LogP contribution in [0.3, 0.4) is 0 Å². The van der Waals surface area contributed by atoms with Crippen LogP contribution in [-0.2, 0) is 16.1 Å². The molecule has 1 fully saturated rings. The summed E-state index contributed by atoms with van der Waals surface area (Å²) in [4.78, 5) is 14.0. The Morgan fingerprint density at radius 3 is 2.67 bits per heavy atom. The summed E-state index contributed by atoms with van der Waals surface area (Å²) in [7, 11) is 0. The molecule has 1 N–H and O–H groups in total. The second-order valence-electron chi connectivity index (χ2n) is 5.69. The molecule has 0 saturated carbocycles. The van der Waals surface area contributed by atoms with Gasteiger partial charge in [-0.15, -0.1) is 0 Å². The molecule has 4 nitrogen and oxygen atoms in total. The number of hydrogen-bond donors (Lipinski definition) is 1. The third kappa shape index (κ3) is 6.70. The second kappa shape index (κ2) is 8.73. The Bertz CT molecular complexity index is 561. The monoisotopic (exact) mass is 362 g/mol. The Morgan fingerprint density at radius 2 is 2.04 bits per heavy atom. The number of aryl methyl sites for hydroxylation is 1. The Morgan fingerprint density at radius 1 is 1.33 bits per heavy atom. The summed E-state index contributed by atoms with van der Waals surface area (Å²) < 4.78 is 40.3. The van der Waals surface area contributed by atoms with Crippen LogP contribution in [0.5, 0.6) is 0 Å². The van der Waals surface area contributed by atoms with Gasteiger partial charge in [0.1, 0.15) is 13.2 Å². The summed E-state index contributed by atoms with van der Waals surface area (Å²) in [6.45, 7) is 2.82. The Hall–Kier alpha value is -1.25. The maximum absolute atomic E-state index is 12.0. The van der Waals surface area contributed by atoms with E-state index in [0.29, 0.717) is 5.69 Å². The number of hydrogen-bond acceptors (Lipinski definition) is 4. The molecule has 0 spiro atoms. The van der Waals surface area contributed by atoms with Crippen molar-refractivity contribution in [2.24, 2.45) is 0 Å². The van der Waals surface area contributed by atoms with E-state index in [1.54, 1.807) is 6.07 Å². The number of carbonyl (C=O) groups is 1. The molecule has 1 aliphatic rings. The van der Waals surface area contributed by atoms with E-state index in [-0.39, 0.29) is 0 Å². The van der Waals surface area contributed by atoms with Gasteiger partial charge >= 0.3 is 6.18 Å². The van der Waals surface area contributed by atoms with Crippen molar-refractivity contribution < 1.29 is 22.7 Å². The summed E-state index contributed by atoms with van der Waals surface area (Å²) in [6, 6.07) is 5.71. The van der Waals surface area contributed by atoms with E-state index in [2.05, 4.69) is 15.0 Å². The Balaban J connectivity index is 1.84. The van der Waals surface area contributed by atoms with Gasteiger partial charge in [-0.25, -0.2) is 0 Å². The van der Waals surface area contributed by atoms with Gasteiger partial charge in [0, 0.05) is 36.8 Å². The number of benzene rings is 1. The summed E-state index contributed by atoms with van der Waals surface area (Å²) in [6.07, 6.45) is -4.43. The zero-order valence-corrected chi connectivity index (χ0v) is 14.3. The molecule has 0 bridgehead atoms. The van der Waals surface area contributed by atoms with Gasteiger partial charge in [0.15, 0.2) is 0 Å². The highest BCUT2D eigenvalue weighted by atomic mass is 32.2. The van der Waals surface area contributed by atoms with Crippen LogP contribution in [0.1, 0.15) is 11.1 Å². The molecule has 1 aliphatic heterocycles. The summed E-state index contributed by atoms with van der Waals surface area (Å²) in [5, 5.41) is 2.58. The lowest BCUT2D eigenvalue weighted by atomic mass is 10.1. The van der Waals surface area contributed by atoms with Gasteiger partial charge in [0.05, 0.1) is 0 Å². The SMILES string of the molecule is Cc1cc(CN2CCSCC2)ccc1NC(=O)COCC(F)(F)F. The molecule has 1 heterocycles. The molecule has 0 unspecified atom stereocenters. The molecule has 1 amide bonds. The van der Waals surface area contributed by atoms with Crippen molar-refractivity contribution in [3.8, 4) is 0 Å². The van der Waals surface area contributed by atoms with Gasteiger partial charge in [-0.3, -0.25) is 9.69 Å². The maximum Gasteiger partial charge on any atom is 0.411 e. The molecule has 1 saturated heterocycles. The van der Waals surface area contributed by atoms with E-state index in [1.807, 2.05) is 30.8 Å². The predicted octanol–water partition coefficient (Wildman–Crippen LogP) is 3.06. The number of alkyl halides is 3. The van der Waals surface area contributed by atoms with Crippen LogP contribution in [0.15, 0.2) is 18.2 Å². The lowest BCUT2D eigenvalue weighted by molar-refractivity contribution is -0.174. The van der Waals surface area contributed by atoms with Crippen molar-refractivity contribution in [3.63, 3.8) is 0 Å². The predicted molar refractivity (Wildman–Crippen MR) is 89.3 cm³/mol. The fourth-order valence-corrected chi connectivity index (χ4v) is 3.41. The van der Waals surface area contributed by atoms with Crippen LogP contribution in [-0.4, -0.2) is 54.8 Å². The van der Waals surface area contributed by atoms with Gasteiger partial charge in [0.2, 0.25) is 5.91 Å². The molecule has 134 valence electrons. The first-order valence-electron chi connectivity index (χ1n) is 7.67. The van der Waals surface area contributed by atoms with Crippen molar-refractivity contribution in [2.45, 2.75) is 19.6 Å². The van der Waals surface area contributed by atoms with E-state index in [0.717, 1.165) is 42.3 Å². The van der Waals surface area contributed by atoms with Gasteiger partial charge in [-0.1, -0.05) is 12.1 Å². The van der Waals surface area contributed by atoms with Gasteiger partial charge in [-0.05, 0) is 24.1 Å². The third-order valence-corrected chi connectivity index (χ3v) is 4.52. The van der Waals surface area contributed by atoms with Crippen LogP contribution in [0.25, 0.3) is 0 Å². The highest BCUT2D eigenvalue weighted by molar-refractivity contribution is 7.99. The summed E-state index contributed by atoms with van der Waals surface area (Å²) >= 11 is 1.96. The highest BCUT2D eigenvalue weighted by Crippen LogP contribution is 2.19. The van der Waals surface area contributed by atoms with Crippen LogP contribution in [0.4, 0.5) is 18.9 Å². The number of anilines is 1.